The van der Waals surface area contributed by atoms with Crippen LogP contribution in [-0.2, 0) is 5.75 Å². The third-order valence-electron chi connectivity index (χ3n) is 4.14. The molecule has 0 aliphatic carbocycles. The molecular weight excluding hydrogens is 407 g/mol. The highest BCUT2D eigenvalue weighted by Crippen LogP contribution is 2.29. The number of carbonyl (C=O) groups excluding carboxylic acids is 1. The number of urea groups is 1. The lowest BCUT2D eigenvalue weighted by Gasteiger charge is -2.11. The number of hydrogen-bond acceptors (Lipinski definition) is 5. The van der Waals surface area contributed by atoms with Crippen LogP contribution in [0.1, 0.15) is 11.5 Å². The normalized spacial score (nSPS) is 10.9. The average molecular weight is 424 g/mol. The molecule has 0 aliphatic heterocycles. The molecule has 0 unspecified atom stereocenters. The molecule has 4 rings (SSSR count). The fourth-order valence-electron chi connectivity index (χ4n) is 2.81. The molecule has 152 valence electrons. The number of rotatable bonds is 5. The van der Waals surface area contributed by atoms with E-state index in [1.807, 2.05) is 18.2 Å². The van der Waals surface area contributed by atoms with E-state index in [0.29, 0.717) is 34.2 Å². The number of benzene rings is 2. The third-order valence-corrected chi connectivity index (χ3v) is 5.24. The van der Waals surface area contributed by atoms with Crippen molar-refractivity contribution in [2.24, 2.45) is 0 Å². The van der Waals surface area contributed by atoms with Crippen LogP contribution < -0.4 is 16.2 Å². The van der Waals surface area contributed by atoms with Crippen LogP contribution in [0, 0.1) is 12.7 Å². The minimum atomic E-state index is -0.443. The summed E-state index contributed by atoms with van der Waals surface area (Å²) < 4.78 is 19.4. The van der Waals surface area contributed by atoms with Gasteiger partial charge in [0.15, 0.2) is 5.65 Å². The molecule has 2 aromatic carbocycles. The summed E-state index contributed by atoms with van der Waals surface area (Å²) in [5.41, 5.74) is 1.87. The summed E-state index contributed by atoms with van der Waals surface area (Å²) in [6, 6.07) is 15.5. The van der Waals surface area contributed by atoms with Gasteiger partial charge in [0.2, 0.25) is 0 Å². The Morgan fingerprint density at radius 3 is 2.70 bits per heavy atom. The quantitative estimate of drug-likeness (QED) is 0.455. The molecule has 0 aliphatic rings. The van der Waals surface area contributed by atoms with Crippen molar-refractivity contribution < 1.29 is 13.7 Å². The number of halogens is 1. The molecule has 0 bridgehead atoms. The molecule has 2 aromatic heterocycles. The Kier molecular flexibility index (Phi) is 5.53. The van der Waals surface area contributed by atoms with Gasteiger partial charge in [-0.2, -0.15) is 0 Å². The maximum absolute atomic E-state index is 13.0. The van der Waals surface area contributed by atoms with Gasteiger partial charge in [-0.1, -0.05) is 12.1 Å². The number of nitrogens with one attached hydrogen (secondary N) is 2. The van der Waals surface area contributed by atoms with Gasteiger partial charge in [-0.3, -0.25) is 4.79 Å². The molecule has 2 heterocycles. The lowest BCUT2D eigenvalue weighted by atomic mass is 10.3. The summed E-state index contributed by atoms with van der Waals surface area (Å²) >= 11 is 1.44. The second kappa shape index (κ2) is 8.42. The van der Waals surface area contributed by atoms with E-state index in [1.54, 1.807) is 19.1 Å². The Morgan fingerprint density at radius 1 is 1.13 bits per heavy atom. The summed E-state index contributed by atoms with van der Waals surface area (Å²) in [6.45, 7) is 1.75. The first kappa shape index (κ1) is 19.7. The van der Waals surface area contributed by atoms with Crippen molar-refractivity contribution in [3.8, 4) is 0 Å². The number of aromatic nitrogens is 2. The monoisotopic (exact) mass is 424 g/mol. The predicted octanol–water partition coefficient (Wildman–Crippen LogP) is 4.67. The van der Waals surface area contributed by atoms with Crippen molar-refractivity contribution in [3.63, 3.8) is 0 Å². The van der Waals surface area contributed by atoms with Gasteiger partial charge in [0.1, 0.15) is 11.6 Å². The summed E-state index contributed by atoms with van der Waals surface area (Å²) in [7, 11) is 0. The van der Waals surface area contributed by atoms with Gasteiger partial charge < -0.3 is 15.2 Å². The Labute approximate surface area is 174 Å². The third kappa shape index (κ3) is 4.52. The first-order valence-corrected chi connectivity index (χ1v) is 10.0. The van der Waals surface area contributed by atoms with E-state index in [9.17, 15) is 14.0 Å². The van der Waals surface area contributed by atoms with E-state index < -0.39 is 6.03 Å². The van der Waals surface area contributed by atoms with Gasteiger partial charge in [-0.25, -0.2) is 14.2 Å². The topological polar surface area (TPSA) is 88.6 Å². The van der Waals surface area contributed by atoms with E-state index in [-0.39, 0.29) is 11.4 Å². The number of nitrogens with zero attached hydrogens (tertiary/aromatic N) is 2. The molecule has 7 nitrogen and oxygen atoms in total. The van der Waals surface area contributed by atoms with Crippen LogP contribution in [0.15, 0.2) is 74.9 Å². The zero-order valence-electron chi connectivity index (χ0n) is 15.9. The van der Waals surface area contributed by atoms with Crippen molar-refractivity contribution in [3.05, 3.63) is 88.3 Å². The van der Waals surface area contributed by atoms with Crippen LogP contribution in [-0.4, -0.2) is 15.6 Å². The van der Waals surface area contributed by atoms with E-state index in [1.165, 1.54) is 42.1 Å². The van der Waals surface area contributed by atoms with Gasteiger partial charge in [0, 0.05) is 28.5 Å². The predicted molar refractivity (Wildman–Crippen MR) is 114 cm³/mol. The van der Waals surface area contributed by atoms with Gasteiger partial charge in [0.05, 0.1) is 11.4 Å². The molecule has 9 heteroatoms. The van der Waals surface area contributed by atoms with Gasteiger partial charge in [0.25, 0.3) is 5.56 Å². The molecular formula is C21H17FN4O3S. The molecule has 0 atom stereocenters. The summed E-state index contributed by atoms with van der Waals surface area (Å²) in [5.74, 6) is 0.666. The SMILES string of the molecule is Cc1cc2nc(CSc3ccccc3NC(=O)Nc3ccc(F)cc3)cc(=O)n2o1. The molecule has 0 saturated heterocycles. The fourth-order valence-corrected chi connectivity index (χ4v) is 3.71. The van der Waals surface area contributed by atoms with Crippen LogP contribution in [0.5, 0.6) is 0 Å². The zero-order chi connectivity index (χ0) is 21.1. The maximum Gasteiger partial charge on any atom is 0.323 e. The molecule has 0 spiro atoms. The maximum atomic E-state index is 13.0. The highest BCUT2D eigenvalue weighted by molar-refractivity contribution is 7.98. The molecule has 2 amide bonds. The summed E-state index contributed by atoms with van der Waals surface area (Å²) in [4.78, 5) is 29.7. The van der Waals surface area contributed by atoms with Crippen molar-refractivity contribution in [2.45, 2.75) is 17.6 Å². The molecule has 0 radical (unpaired) electrons. The molecule has 0 fully saturated rings. The van der Waals surface area contributed by atoms with Crippen molar-refractivity contribution in [1.82, 2.24) is 9.56 Å². The minimum absolute atomic E-state index is 0.284. The number of carbonyl (C=O) groups is 1. The zero-order valence-corrected chi connectivity index (χ0v) is 16.7. The molecule has 2 N–H and O–H groups in total. The summed E-state index contributed by atoms with van der Waals surface area (Å²) in [6.07, 6.45) is 0. The van der Waals surface area contributed by atoms with Crippen LogP contribution in [0.4, 0.5) is 20.6 Å². The Morgan fingerprint density at radius 2 is 1.90 bits per heavy atom. The van der Waals surface area contributed by atoms with Gasteiger partial charge in [-0.05, 0) is 43.3 Å². The van der Waals surface area contributed by atoms with Crippen LogP contribution >= 0.6 is 11.8 Å². The highest BCUT2D eigenvalue weighted by Gasteiger charge is 2.10. The Balaban J connectivity index is 1.46. The lowest BCUT2D eigenvalue weighted by Crippen LogP contribution is -2.19. The number of anilines is 2. The summed E-state index contributed by atoms with van der Waals surface area (Å²) in [5, 5.41) is 5.44. The van der Waals surface area contributed by atoms with E-state index in [0.717, 1.165) is 9.47 Å². The first-order valence-electron chi connectivity index (χ1n) is 9.03. The number of thioether (sulfide) groups is 1. The van der Waals surface area contributed by atoms with E-state index >= 15 is 0 Å². The van der Waals surface area contributed by atoms with Crippen LogP contribution in [0.3, 0.4) is 0 Å². The highest BCUT2D eigenvalue weighted by atomic mass is 32.2. The minimum Gasteiger partial charge on any atom is -0.375 e. The van der Waals surface area contributed by atoms with E-state index in [2.05, 4.69) is 15.6 Å². The van der Waals surface area contributed by atoms with E-state index in [4.69, 9.17) is 4.52 Å². The molecule has 4 aromatic rings. The van der Waals surface area contributed by atoms with Gasteiger partial charge >= 0.3 is 6.03 Å². The van der Waals surface area contributed by atoms with Crippen molar-refractivity contribution >= 4 is 34.8 Å². The van der Waals surface area contributed by atoms with Crippen molar-refractivity contribution in [2.75, 3.05) is 10.6 Å². The largest absolute Gasteiger partial charge is 0.375 e. The van der Waals surface area contributed by atoms with Crippen LogP contribution in [0.25, 0.3) is 5.65 Å². The Hall–Kier alpha value is -3.59. The molecule has 30 heavy (non-hydrogen) atoms. The number of hydrogen-bond donors (Lipinski definition) is 2. The number of aryl methyl sites for hydroxylation is 1. The molecule has 0 saturated carbocycles. The number of para-hydroxylation sites is 1. The van der Waals surface area contributed by atoms with Gasteiger partial charge in [-0.15, -0.1) is 16.3 Å². The smallest absolute Gasteiger partial charge is 0.323 e. The first-order chi connectivity index (χ1) is 14.5. The second-order valence-electron chi connectivity index (χ2n) is 6.46. The fraction of sp³-hybridized carbons (Fsp3) is 0.0952. The standard InChI is InChI=1S/C21H17FN4O3S/c1-13-10-19-23-16(11-20(27)26(19)29-13)12-30-18-5-3-2-4-17(18)25-21(28)24-15-8-6-14(22)7-9-15/h2-11H,12H2,1H3,(H2,24,25,28). The Bertz CT molecular complexity index is 1270. The average Bonchev–Trinajstić information content (AvgIpc) is 3.10. The van der Waals surface area contributed by atoms with Crippen LogP contribution in [0.2, 0.25) is 0 Å². The van der Waals surface area contributed by atoms with Crippen molar-refractivity contribution in [1.29, 1.82) is 0 Å². The lowest BCUT2D eigenvalue weighted by molar-refractivity contribution is 0.262. The number of amides is 2. The number of fused-ring (bicyclic) bond motifs is 1. The second-order valence-corrected chi connectivity index (χ2v) is 7.47.